The van der Waals surface area contributed by atoms with E-state index in [0.717, 1.165) is 11.3 Å². The first-order valence-electron chi connectivity index (χ1n) is 5.75. The Morgan fingerprint density at radius 3 is 3.17 bits per heavy atom. The molecule has 1 unspecified atom stereocenters. The zero-order valence-corrected chi connectivity index (χ0v) is 9.96. The maximum absolute atomic E-state index is 11.9. The number of ether oxygens (including phenoxy) is 1. The third-order valence-electron chi connectivity index (χ3n) is 3.03. The van der Waals surface area contributed by atoms with Gasteiger partial charge in [0.15, 0.2) is 5.82 Å². The molecule has 0 aliphatic carbocycles. The van der Waals surface area contributed by atoms with Crippen LogP contribution in [0, 0.1) is 0 Å². The Labute approximate surface area is 104 Å². The van der Waals surface area contributed by atoms with Crippen LogP contribution in [0.25, 0.3) is 0 Å². The molecule has 1 aromatic heterocycles. The Kier molecular flexibility index (Phi) is 2.51. The fraction of sp³-hybridized carbons (Fsp3) is 0.231. The van der Waals surface area contributed by atoms with Gasteiger partial charge < -0.3 is 14.6 Å². The van der Waals surface area contributed by atoms with E-state index in [4.69, 9.17) is 4.74 Å². The lowest BCUT2D eigenvalue weighted by Gasteiger charge is -2.12. The first-order chi connectivity index (χ1) is 8.75. The van der Waals surface area contributed by atoms with Crippen molar-refractivity contribution in [3.8, 4) is 5.75 Å². The molecule has 1 atom stereocenters. The Bertz CT molecular complexity index is 636. The highest BCUT2D eigenvalue weighted by Crippen LogP contribution is 2.33. The summed E-state index contributed by atoms with van der Waals surface area (Å²) in [5.74, 6) is 1.22. The number of aryl methyl sites for hydroxylation is 1. The molecule has 0 saturated carbocycles. The molecule has 5 nitrogen and oxygen atoms in total. The average molecular weight is 243 g/mol. The van der Waals surface area contributed by atoms with E-state index >= 15 is 0 Å². The molecule has 0 bridgehead atoms. The molecule has 3 rings (SSSR count). The molecule has 1 N–H and O–H groups in total. The smallest absolute Gasteiger partial charge is 0.293 e. The average Bonchev–Trinajstić information content (AvgIpc) is 2.79. The van der Waals surface area contributed by atoms with Crippen LogP contribution in [0.4, 0.5) is 5.82 Å². The molecule has 0 saturated heterocycles. The lowest BCUT2D eigenvalue weighted by atomic mass is 10.1. The minimum atomic E-state index is -0.137. The Hall–Kier alpha value is -2.30. The molecular weight excluding hydrogens is 230 g/mol. The number of rotatable bonds is 2. The second-order valence-corrected chi connectivity index (χ2v) is 4.24. The lowest BCUT2D eigenvalue weighted by molar-refractivity contribution is 0.339. The molecule has 2 heterocycles. The van der Waals surface area contributed by atoms with E-state index in [0.29, 0.717) is 12.4 Å². The maximum atomic E-state index is 11.9. The van der Waals surface area contributed by atoms with E-state index in [-0.39, 0.29) is 11.6 Å². The van der Waals surface area contributed by atoms with E-state index in [9.17, 15) is 4.79 Å². The summed E-state index contributed by atoms with van der Waals surface area (Å²) in [6.07, 6.45) is 3.23. The zero-order chi connectivity index (χ0) is 12.5. The van der Waals surface area contributed by atoms with Crippen LogP contribution in [0.2, 0.25) is 0 Å². The van der Waals surface area contributed by atoms with Crippen molar-refractivity contribution in [2.45, 2.75) is 6.04 Å². The summed E-state index contributed by atoms with van der Waals surface area (Å²) >= 11 is 0. The summed E-state index contributed by atoms with van der Waals surface area (Å²) in [4.78, 5) is 15.9. The SMILES string of the molecule is Cn1ccnc(NC2COc3ccccc32)c1=O. The molecule has 0 spiro atoms. The van der Waals surface area contributed by atoms with Crippen molar-refractivity contribution >= 4 is 5.82 Å². The van der Waals surface area contributed by atoms with Crippen LogP contribution in [0.5, 0.6) is 5.75 Å². The molecule has 1 aromatic carbocycles. The highest BCUT2D eigenvalue weighted by Gasteiger charge is 2.24. The lowest BCUT2D eigenvalue weighted by Crippen LogP contribution is -2.24. The predicted octanol–water partition coefficient (Wildman–Crippen LogP) is 1.33. The molecule has 1 aliphatic rings. The van der Waals surface area contributed by atoms with E-state index in [2.05, 4.69) is 10.3 Å². The molecule has 5 heteroatoms. The Balaban J connectivity index is 1.91. The molecule has 18 heavy (non-hydrogen) atoms. The van der Waals surface area contributed by atoms with Crippen molar-refractivity contribution in [1.82, 2.24) is 9.55 Å². The molecule has 92 valence electrons. The minimum absolute atomic E-state index is 0.0243. The summed E-state index contributed by atoms with van der Waals surface area (Å²) in [5, 5.41) is 3.14. The quantitative estimate of drug-likeness (QED) is 0.864. The standard InChI is InChI=1S/C13H13N3O2/c1-16-7-6-14-12(13(16)17)15-10-8-18-11-5-3-2-4-9(10)11/h2-7,10H,8H2,1H3,(H,14,15). The molecule has 0 radical (unpaired) electrons. The van der Waals surface area contributed by atoms with Gasteiger partial charge in [-0.1, -0.05) is 18.2 Å². The molecule has 2 aromatic rings. The minimum Gasteiger partial charge on any atom is -0.491 e. The van der Waals surface area contributed by atoms with Gasteiger partial charge in [0.05, 0.1) is 6.04 Å². The van der Waals surface area contributed by atoms with Gasteiger partial charge in [0.1, 0.15) is 12.4 Å². The van der Waals surface area contributed by atoms with Crippen LogP contribution in [-0.2, 0) is 7.05 Å². The van der Waals surface area contributed by atoms with E-state index in [1.54, 1.807) is 19.4 Å². The summed E-state index contributed by atoms with van der Waals surface area (Å²) in [5.41, 5.74) is 0.923. The van der Waals surface area contributed by atoms with Crippen LogP contribution in [0.15, 0.2) is 41.5 Å². The number of hydrogen-bond acceptors (Lipinski definition) is 4. The molecule has 1 aliphatic heterocycles. The van der Waals surface area contributed by atoms with E-state index in [1.165, 1.54) is 4.57 Å². The summed E-state index contributed by atoms with van der Waals surface area (Å²) in [6.45, 7) is 0.513. The number of nitrogens with one attached hydrogen (secondary N) is 1. The third-order valence-corrected chi connectivity index (χ3v) is 3.03. The monoisotopic (exact) mass is 243 g/mol. The number of fused-ring (bicyclic) bond motifs is 1. The van der Waals surface area contributed by atoms with Gasteiger partial charge in [-0.25, -0.2) is 4.98 Å². The number of hydrogen-bond donors (Lipinski definition) is 1. The second kappa shape index (κ2) is 4.18. The topological polar surface area (TPSA) is 56.1 Å². The molecular formula is C13H13N3O2. The zero-order valence-electron chi connectivity index (χ0n) is 9.96. The van der Waals surface area contributed by atoms with Crippen molar-refractivity contribution in [2.75, 3.05) is 11.9 Å². The summed E-state index contributed by atoms with van der Waals surface area (Å²) in [6, 6.07) is 7.78. The highest BCUT2D eigenvalue weighted by atomic mass is 16.5. The van der Waals surface area contributed by atoms with Gasteiger partial charge in [-0.15, -0.1) is 0 Å². The van der Waals surface area contributed by atoms with Crippen LogP contribution in [-0.4, -0.2) is 16.2 Å². The number of anilines is 1. The van der Waals surface area contributed by atoms with Crippen LogP contribution in [0.3, 0.4) is 0 Å². The Morgan fingerprint density at radius 1 is 1.44 bits per heavy atom. The van der Waals surface area contributed by atoms with Gasteiger partial charge in [0.25, 0.3) is 5.56 Å². The normalized spacial score (nSPS) is 17.1. The first kappa shape index (κ1) is 10.8. The fourth-order valence-electron chi connectivity index (χ4n) is 2.04. The van der Waals surface area contributed by atoms with Gasteiger partial charge in [-0.3, -0.25) is 4.79 Å². The largest absolute Gasteiger partial charge is 0.491 e. The van der Waals surface area contributed by atoms with Crippen molar-refractivity contribution in [3.05, 3.63) is 52.6 Å². The van der Waals surface area contributed by atoms with Crippen molar-refractivity contribution in [1.29, 1.82) is 0 Å². The van der Waals surface area contributed by atoms with Gasteiger partial charge >= 0.3 is 0 Å². The number of aromatic nitrogens is 2. The summed E-state index contributed by atoms with van der Waals surface area (Å²) < 4.78 is 7.05. The fourth-order valence-corrected chi connectivity index (χ4v) is 2.04. The van der Waals surface area contributed by atoms with E-state index < -0.39 is 0 Å². The Morgan fingerprint density at radius 2 is 2.28 bits per heavy atom. The van der Waals surface area contributed by atoms with Gasteiger partial charge in [-0.2, -0.15) is 0 Å². The highest BCUT2D eigenvalue weighted by molar-refractivity contribution is 5.45. The predicted molar refractivity (Wildman–Crippen MR) is 67.8 cm³/mol. The number of nitrogens with zero attached hydrogens (tertiary/aromatic N) is 2. The van der Waals surface area contributed by atoms with Crippen molar-refractivity contribution < 1.29 is 4.74 Å². The van der Waals surface area contributed by atoms with Crippen molar-refractivity contribution in [3.63, 3.8) is 0 Å². The first-order valence-corrected chi connectivity index (χ1v) is 5.75. The van der Waals surface area contributed by atoms with Crippen molar-refractivity contribution in [2.24, 2.45) is 7.05 Å². The van der Waals surface area contributed by atoms with Gasteiger partial charge in [-0.05, 0) is 6.07 Å². The van der Waals surface area contributed by atoms with E-state index in [1.807, 2.05) is 24.3 Å². The van der Waals surface area contributed by atoms with Crippen LogP contribution in [0.1, 0.15) is 11.6 Å². The number of para-hydroxylation sites is 1. The van der Waals surface area contributed by atoms with Crippen LogP contribution >= 0.6 is 0 Å². The molecule has 0 fully saturated rings. The molecule has 0 amide bonds. The van der Waals surface area contributed by atoms with Crippen LogP contribution < -0.4 is 15.6 Å². The van der Waals surface area contributed by atoms with Gasteiger partial charge in [0, 0.05) is 25.0 Å². The number of benzene rings is 1. The third kappa shape index (κ3) is 1.73. The summed E-state index contributed by atoms with van der Waals surface area (Å²) in [7, 11) is 1.70. The second-order valence-electron chi connectivity index (χ2n) is 4.24. The van der Waals surface area contributed by atoms with Gasteiger partial charge in [0.2, 0.25) is 0 Å². The maximum Gasteiger partial charge on any atom is 0.293 e.